The smallest absolute Gasteiger partial charge is 0.306 e. The van der Waals surface area contributed by atoms with E-state index in [0.29, 0.717) is 19.3 Å². The van der Waals surface area contributed by atoms with Gasteiger partial charge in [-0.2, -0.15) is 0 Å². The van der Waals surface area contributed by atoms with E-state index in [1.165, 1.54) is 212 Å². The molecule has 0 aliphatic heterocycles. The van der Waals surface area contributed by atoms with Crippen LogP contribution in [0.4, 0.5) is 0 Å². The Bertz CT molecular complexity index is 1140. The predicted octanol–water partition coefficient (Wildman–Crippen LogP) is 20.0. The van der Waals surface area contributed by atoms with Crippen LogP contribution < -0.4 is 0 Å². The van der Waals surface area contributed by atoms with Crippen molar-refractivity contribution in [3.8, 4) is 0 Å². The summed E-state index contributed by atoms with van der Waals surface area (Å²) in [5, 5.41) is 0. The van der Waals surface area contributed by atoms with Gasteiger partial charge in [-0.15, -0.1) is 0 Å². The molecule has 0 aromatic rings. The fourth-order valence-electron chi connectivity index (χ4n) is 8.82. The quantitative estimate of drug-likeness (QED) is 0.0262. The maximum absolute atomic E-state index is 12.8. The molecule has 68 heavy (non-hydrogen) atoms. The number of hydrogen-bond acceptors (Lipinski definition) is 6. The molecular weight excluding hydrogens is 841 g/mol. The van der Waals surface area contributed by atoms with E-state index < -0.39 is 6.10 Å². The van der Waals surface area contributed by atoms with Crippen molar-refractivity contribution < 1.29 is 28.6 Å². The third kappa shape index (κ3) is 54.6. The Hall–Kier alpha value is -2.37. The van der Waals surface area contributed by atoms with Crippen LogP contribution in [0.3, 0.4) is 0 Å². The molecule has 0 aromatic carbocycles. The van der Waals surface area contributed by atoms with Crippen molar-refractivity contribution in [3.63, 3.8) is 0 Å². The molecule has 0 saturated carbocycles. The minimum absolute atomic E-state index is 0.0714. The zero-order chi connectivity index (χ0) is 49.3. The second kappa shape index (κ2) is 57.2. The molecule has 0 radical (unpaired) electrons. The van der Waals surface area contributed by atoms with Crippen LogP contribution in [0, 0.1) is 0 Å². The number of ether oxygens (including phenoxy) is 3. The van der Waals surface area contributed by atoms with Crippen LogP contribution in [0.5, 0.6) is 0 Å². The lowest BCUT2D eigenvalue weighted by Gasteiger charge is -2.18. The molecule has 0 N–H and O–H groups in total. The molecule has 6 nitrogen and oxygen atoms in total. The molecule has 0 aliphatic carbocycles. The minimum atomic E-state index is -0.770. The van der Waals surface area contributed by atoms with Crippen molar-refractivity contribution in [2.75, 3.05) is 13.2 Å². The largest absolute Gasteiger partial charge is 0.462 e. The van der Waals surface area contributed by atoms with Crippen LogP contribution in [0.1, 0.15) is 323 Å². The highest BCUT2D eigenvalue weighted by Crippen LogP contribution is 2.17. The van der Waals surface area contributed by atoms with Gasteiger partial charge in [0.15, 0.2) is 6.10 Å². The van der Waals surface area contributed by atoms with Gasteiger partial charge in [-0.3, -0.25) is 14.4 Å². The Morgan fingerprint density at radius 1 is 0.294 bits per heavy atom. The summed E-state index contributed by atoms with van der Waals surface area (Å²) in [6.07, 6.45) is 68.9. The van der Waals surface area contributed by atoms with Gasteiger partial charge in [0.05, 0.1) is 0 Å². The maximum atomic E-state index is 12.8. The molecule has 0 rings (SSSR count). The summed E-state index contributed by atoms with van der Waals surface area (Å²) in [4.78, 5) is 37.9. The van der Waals surface area contributed by atoms with E-state index in [0.717, 1.165) is 70.6 Å². The molecule has 1 unspecified atom stereocenters. The highest BCUT2D eigenvalue weighted by molar-refractivity contribution is 5.71. The first kappa shape index (κ1) is 65.6. The predicted molar refractivity (Wildman–Crippen MR) is 293 cm³/mol. The van der Waals surface area contributed by atoms with Gasteiger partial charge in [-0.25, -0.2) is 0 Å². The monoisotopic (exact) mass is 955 g/mol. The second-order valence-corrected chi connectivity index (χ2v) is 20.3. The molecule has 6 heteroatoms. The first-order valence-corrected chi connectivity index (χ1v) is 30.0. The minimum Gasteiger partial charge on any atom is -0.462 e. The Morgan fingerprint density at radius 3 is 0.838 bits per heavy atom. The normalized spacial score (nSPS) is 12.2. The van der Waals surface area contributed by atoms with Crippen molar-refractivity contribution >= 4 is 17.9 Å². The summed E-state index contributed by atoms with van der Waals surface area (Å²) in [7, 11) is 0. The van der Waals surface area contributed by atoms with Crippen LogP contribution >= 0.6 is 0 Å². The van der Waals surface area contributed by atoms with Gasteiger partial charge in [-0.1, -0.05) is 263 Å². The molecule has 0 fully saturated rings. The van der Waals surface area contributed by atoms with Crippen LogP contribution in [0.2, 0.25) is 0 Å². The summed E-state index contributed by atoms with van der Waals surface area (Å²) in [5.41, 5.74) is 0. The molecular formula is C62H114O6. The lowest BCUT2D eigenvalue weighted by Crippen LogP contribution is -2.30. The van der Waals surface area contributed by atoms with Crippen molar-refractivity contribution in [1.82, 2.24) is 0 Å². The van der Waals surface area contributed by atoms with Crippen LogP contribution in [0.15, 0.2) is 36.5 Å². The Labute approximate surface area is 423 Å². The lowest BCUT2D eigenvalue weighted by molar-refractivity contribution is -0.167. The number of allylic oxidation sites excluding steroid dienone is 6. The molecule has 0 heterocycles. The summed E-state index contributed by atoms with van der Waals surface area (Å²) >= 11 is 0. The topological polar surface area (TPSA) is 78.9 Å². The summed E-state index contributed by atoms with van der Waals surface area (Å²) in [5.74, 6) is -0.869. The number of esters is 3. The molecule has 0 aliphatic rings. The van der Waals surface area contributed by atoms with Gasteiger partial charge in [0.2, 0.25) is 0 Å². The molecule has 0 spiro atoms. The van der Waals surface area contributed by atoms with Crippen LogP contribution in [0.25, 0.3) is 0 Å². The van der Waals surface area contributed by atoms with E-state index in [4.69, 9.17) is 14.2 Å². The van der Waals surface area contributed by atoms with Crippen molar-refractivity contribution in [2.24, 2.45) is 0 Å². The van der Waals surface area contributed by atoms with Crippen molar-refractivity contribution in [2.45, 2.75) is 329 Å². The van der Waals surface area contributed by atoms with Gasteiger partial charge in [0.25, 0.3) is 0 Å². The molecule has 0 amide bonds. The van der Waals surface area contributed by atoms with Gasteiger partial charge >= 0.3 is 17.9 Å². The molecule has 398 valence electrons. The first-order valence-electron chi connectivity index (χ1n) is 30.0. The Morgan fingerprint density at radius 2 is 0.529 bits per heavy atom. The van der Waals surface area contributed by atoms with E-state index >= 15 is 0 Å². The molecule has 0 bridgehead atoms. The van der Waals surface area contributed by atoms with Gasteiger partial charge in [0.1, 0.15) is 13.2 Å². The second-order valence-electron chi connectivity index (χ2n) is 20.3. The highest BCUT2D eigenvalue weighted by atomic mass is 16.6. The van der Waals surface area contributed by atoms with Gasteiger partial charge in [-0.05, 0) is 77.0 Å². The summed E-state index contributed by atoms with van der Waals surface area (Å²) < 4.78 is 16.8. The number of carbonyl (C=O) groups is 3. The Kier molecular flexibility index (Phi) is 55.2. The van der Waals surface area contributed by atoms with Gasteiger partial charge in [0, 0.05) is 19.3 Å². The number of carbonyl (C=O) groups excluding carboxylic acids is 3. The SMILES string of the molecule is CCCCCC/C=C\CCCCCCCC(=O)OC(COC(=O)CCCCCCCCCC)COC(=O)CCCCCCCCCCCCCCCCCCC/C=C\C/C=C\CCCCCCC. The third-order valence-corrected chi connectivity index (χ3v) is 13.4. The van der Waals surface area contributed by atoms with E-state index in [1.807, 2.05) is 0 Å². The average Bonchev–Trinajstić information content (AvgIpc) is 3.34. The summed E-state index contributed by atoms with van der Waals surface area (Å²) in [6.45, 7) is 6.61. The van der Waals surface area contributed by atoms with E-state index in [9.17, 15) is 14.4 Å². The average molecular weight is 956 g/mol. The zero-order valence-corrected chi connectivity index (χ0v) is 45.6. The highest BCUT2D eigenvalue weighted by Gasteiger charge is 2.19. The van der Waals surface area contributed by atoms with Crippen LogP contribution in [-0.2, 0) is 28.6 Å². The molecule has 0 aromatic heterocycles. The van der Waals surface area contributed by atoms with E-state index in [2.05, 4.69) is 57.2 Å². The van der Waals surface area contributed by atoms with E-state index in [1.54, 1.807) is 0 Å². The number of rotatable bonds is 55. The lowest BCUT2D eigenvalue weighted by atomic mass is 10.0. The third-order valence-electron chi connectivity index (χ3n) is 13.4. The van der Waals surface area contributed by atoms with E-state index in [-0.39, 0.29) is 31.1 Å². The number of hydrogen-bond donors (Lipinski definition) is 0. The zero-order valence-electron chi connectivity index (χ0n) is 45.6. The standard InChI is InChI=1S/C62H114O6/c1-4-7-10-13-16-19-21-23-24-25-26-27-28-29-30-31-32-33-34-35-36-37-38-40-41-43-46-49-52-55-61(64)67-58-59(57-66-60(63)54-51-48-45-18-15-12-9-6-3)68-62(65)56-53-50-47-44-42-39-22-20-17-14-11-8-5-2/h20-23,25-26,59H,4-19,24,27-58H2,1-3H3/b22-20-,23-21-,26-25-. The van der Waals surface area contributed by atoms with Gasteiger partial charge < -0.3 is 14.2 Å². The first-order chi connectivity index (χ1) is 33.5. The molecule has 0 saturated heterocycles. The Balaban J connectivity index is 4.04. The fourth-order valence-corrected chi connectivity index (χ4v) is 8.82. The van der Waals surface area contributed by atoms with Crippen molar-refractivity contribution in [1.29, 1.82) is 0 Å². The fraction of sp³-hybridized carbons (Fsp3) is 0.855. The maximum Gasteiger partial charge on any atom is 0.306 e. The number of unbranched alkanes of at least 4 members (excludes halogenated alkanes) is 38. The summed E-state index contributed by atoms with van der Waals surface area (Å²) in [6, 6.07) is 0. The molecule has 1 atom stereocenters. The van der Waals surface area contributed by atoms with Crippen molar-refractivity contribution in [3.05, 3.63) is 36.5 Å². The van der Waals surface area contributed by atoms with Crippen LogP contribution in [-0.4, -0.2) is 37.2 Å².